The van der Waals surface area contributed by atoms with E-state index in [0.29, 0.717) is 16.5 Å². The van der Waals surface area contributed by atoms with Gasteiger partial charge in [-0.2, -0.15) is 0 Å². The van der Waals surface area contributed by atoms with Crippen molar-refractivity contribution in [3.05, 3.63) is 63.1 Å². The number of benzene rings is 2. The van der Waals surface area contributed by atoms with Crippen LogP contribution in [-0.2, 0) is 14.9 Å². The Morgan fingerprint density at radius 1 is 1.12 bits per heavy atom. The Hall–Kier alpha value is -2.01. The summed E-state index contributed by atoms with van der Waals surface area (Å²) >= 11 is 12.6. The molecule has 4 rings (SSSR count). The molecule has 0 N–H and O–H groups in total. The number of hydrogen-bond acceptors (Lipinski definition) is 4. The quantitative estimate of drug-likeness (QED) is 0.315. The lowest BCUT2D eigenvalue weighted by Crippen LogP contribution is -2.44. The molecular formula is C28H33Cl2NO3. The maximum absolute atomic E-state index is 12.0. The molecular weight excluding hydrogens is 469 g/mol. The summed E-state index contributed by atoms with van der Waals surface area (Å²) in [5, 5.41) is 1.27. The van der Waals surface area contributed by atoms with Crippen molar-refractivity contribution < 1.29 is 14.3 Å². The maximum atomic E-state index is 12.0. The van der Waals surface area contributed by atoms with Crippen LogP contribution in [0.25, 0.3) is 12.2 Å². The fourth-order valence-corrected chi connectivity index (χ4v) is 5.32. The van der Waals surface area contributed by atoms with Gasteiger partial charge in [0.2, 0.25) is 0 Å². The highest BCUT2D eigenvalue weighted by Crippen LogP contribution is 2.46. The molecule has 4 nitrogen and oxygen atoms in total. The second kappa shape index (κ2) is 10.3. The molecule has 2 aromatic carbocycles. The molecule has 1 fully saturated rings. The molecule has 182 valence electrons. The normalized spacial score (nSPS) is 17.7. The standard InChI is InChI=1S/C28H33Cl2NO3/c1-27(2,3)34-26(32)8-5-15-31-16-13-28(14-17-31)19-33-25-18-20(10-12-22(25)28)9-11-21-23(29)6-4-7-24(21)30/h4,6-7,9-12,18H,5,8,13-17,19H2,1-3H3/b11-9+. The van der Waals surface area contributed by atoms with Gasteiger partial charge >= 0.3 is 5.97 Å². The van der Waals surface area contributed by atoms with Crippen LogP contribution in [0.3, 0.4) is 0 Å². The van der Waals surface area contributed by atoms with Gasteiger partial charge in [-0.15, -0.1) is 0 Å². The molecule has 1 spiro atoms. The fraction of sp³-hybridized carbons (Fsp3) is 0.464. The Labute approximate surface area is 212 Å². The summed E-state index contributed by atoms with van der Waals surface area (Å²) in [5.41, 5.74) is 2.87. The summed E-state index contributed by atoms with van der Waals surface area (Å²) < 4.78 is 11.6. The van der Waals surface area contributed by atoms with E-state index in [0.717, 1.165) is 62.4 Å². The van der Waals surface area contributed by atoms with Crippen molar-refractivity contribution in [3.63, 3.8) is 0 Å². The Kier molecular flexibility index (Phi) is 7.61. The topological polar surface area (TPSA) is 38.8 Å². The molecule has 2 aliphatic heterocycles. The third-order valence-electron chi connectivity index (χ3n) is 6.61. The van der Waals surface area contributed by atoms with E-state index in [9.17, 15) is 4.79 Å². The van der Waals surface area contributed by atoms with E-state index < -0.39 is 5.60 Å². The van der Waals surface area contributed by atoms with E-state index in [2.05, 4.69) is 23.1 Å². The van der Waals surface area contributed by atoms with Crippen LogP contribution in [0.4, 0.5) is 0 Å². The van der Waals surface area contributed by atoms with E-state index in [1.54, 1.807) is 0 Å². The molecule has 1 saturated heterocycles. The number of rotatable bonds is 6. The summed E-state index contributed by atoms with van der Waals surface area (Å²) in [5.74, 6) is 0.867. The molecule has 0 unspecified atom stereocenters. The van der Waals surface area contributed by atoms with Gasteiger partial charge in [-0.25, -0.2) is 0 Å². The minimum absolute atomic E-state index is 0.0886. The lowest BCUT2D eigenvalue weighted by atomic mass is 9.74. The van der Waals surface area contributed by atoms with Crippen molar-refractivity contribution in [2.75, 3.05) is 26.2 Å². The monoisotopic (exact) mass is 501 g/mol. The van der Waals surface area contributed by atoms with Gasteiger partial charge in [0.05, 0.1) is 6.61 Å². The van der Waals surface area contributed by atoms with E-state index in [1.165, 1.54) is 5.56 Å². The first-order valence-electron chi connectivity index (χ1n) is 12.0. The number of carbonyl (C=O) groups is 1. The van der Waals surface area contributed by atoms with Crippen molar-refractivity contribution in [1.82, 2.24) is 4.90 Å². The molecule has 0 bridgehead atoms. The number of piperidine rings is 1. The minimum Gasteiger partial charge on any atom is -0.492 e. The highest BCUT2D eigenvalue weighted by Gasteiger charge is 2.42. The third-order valence-corrected chi connectivity index (χ3v) is 7.27. The highest BCUT2D eigenvalue weighted by atomic mass is 35.5. The summed E-state index contributed by atoms with van der Waals surface area (Å²) in [6.45, 7) is 9.42. The summed E-state index contributed by atoms with van der Waals surface area (Å²) in [4.78, 5) is 14.4. The first-order chi connectivity index (χ1) is 16.2. The van der Waals surface area contributed by atoms with Crippen LogP contribution in [-0.4, -0.2) is 42.7 Å². The molecule has 2 heterocycles. The van der Waals surface area contributed by atoms with Crippen LogP contribution in [0.1, 0.15) is 63.1 Å². The summed E-state index contributed by atoms with van der Waals surface area (Å²) in [6.07, 6.45) is 7.41. The van der Waals surface area contributed by atoms with Gasteiger partial charge in [-0.3, -0.25) is 4.79 Å². The van der Waals surface area contributed by atoms with Crippen LogP contribution in [0.5, 0.6) is 5.75 Å². The lowest BCUT2D eigenvalue weighted by Gasteiger charge is -2.38. The number of likely N-dealkylation sites (tertiary alicyclic amines) is 1. The van der Waals surface area contributed by atoms with E-state index in [4.69, 9.17) is 32.7 Å². The molecule has 0 atom stereocenters. The average molecular weight is 502 g/mol. The number of ether oxygens (including phenoxy) is 2. The minimum atomic E-state index is -0.415. The Morgan fingerprint density at radius 3 is 2.50 bits per heavy atom. The van der Waals surface area contributed by atoms with E-state index in [-0.39, 0.29) is 11.4 Å². The van der Waals surface area contributed by atoms with Crippen LogP contribution in [0, 0.1) is 0 Å². The van der Waals surface area contributed by atoms with Gasteiger partial charge in [0.25, 0.3) is 0 Å². The van der Waals surface area contributed by atoms with Crippen molar-refractivity contribution in [2.24, 2.45) is 0 Å². The fourth-order valence-electron chi connectivity index (χ4n) is 4.80. The van der Waals surface area contributed by atoms with Gasteiger partial charge in [0, 0.05) is 33.0 Å². The number of halogens is 2. The lowest BCUT2D eigenvalue weighted by molar-refractivity contribution is -0.155. The molecule has 2 aromatic rings. The number of esters is 1. The molecule has 0 aromatic heterocycles. The molecule has 0 amide bonds. The number of nitrogens with zero attached hydrogens (tertiary/aromatic N) is 1. The summed E-state index contributed by atoms with van der Waals surface area (Å²) in [7, 11) is 0. The molecule has 6 heteroatoms. The van der Waals surface area contributed by atoms with Gasteiger partial charge < -0.3 is 14.4 Å². The number of carbonyl (C=O) groups excluding carboxylic acids is 1. The maximum Gasteiger partial charge on any atom is 0.306 e. The molecule has 2 aliphatic rings. The number of fused-ring (bicyclic) bond motifs is 2. The number of hydrogen-bond donors (Lipinski definition) is 0. The van der Waals surface area contributed by atoms with Crippen LogP contribution < -0.4 is 4.74 Å². The Bertz CT molecular complexity index is 1050. The van der Waals surface area contributed by atoms with E-state index >= 15 is 0 Å². The zero-order chi connectivity index (χ0) is 24.3. The Balaban J connectivity index is 1.33. The first kappa shape index (κ1) is 25.1. The van der Waals surface area contributed by atoms with Crippen LogP contribution >= 0.6 is 23.2 Å². The second-order valence-corrected chi connectivity index (χ2v) is 11.1. The van der Waals surface area contributed by atoms with Gasteiger partial charge in [-0.1, -0.05) is 53.6 Å². The molecule has 0 aliphatic carbocycles. The largest absolute Gasteiger partial charge is 0.492 e. The molecule has 0 saturated carbocycles. The predicted molar refractivity (Wildman–Crippen MR) is 140 cm³/mol. The Morgan fingerprint density at radius 2 is 1.82 bits per heavy atom. The van der Waals surface area contributed by atoms with Crippen molar-refractivity contribution in [3.8, 4) is 5.75 Å². The summed E-state index contributed by atoms with van der Waals surface area (Å²) in [6, 6.07) is 12.0. The zero-order valence-electron chi connectivity index (χ0n) is 20.2. The zero-order valence-corrected chi connectivity index (χ0v) is 21.7. The predicted octanol–water partition coefficient (Wildman–Crippen LogP) is 7.01. The van der Waals surface area contributed by atoms with Crippen LogP contribution in [0.2, 0.25) is 10.0 Å². The molecule has 0 radical (unpaired) electrons. The van der Waals surface area contributed by atoms with Crippen molar-refractivity contribution in [2.45, 2.75) is 57.5 Å². The smallest absolute Gasteiger partial charge is 0.306 e. The first-order valence-corrected chi connectivity index (χ1v) is 12.7. The third kappa shape index (κ3) is 5.97. The van der Waals surface area contributed by atoms with Crippen molar-refractivity contribution >= 4 is 41.3 Å². The van der Waals surface area contributed by atoms with Gasteiger partial charge in [0.1, 0.15) is 11.4 Å². The van der Waals surface area contributed by atoms with Gasteiger partial charge in [0.15, 0.2) is 0 Å². The van der Waals surface area contributed by atoms with Crippen molar-refractivity contribution in [1.29, 1.82) is 0 Å². The van der Waals surface area contributed by atoms with Gasteiger partial charge in [-0.05, 0) is 83.4 Å². The average Bonchev–Trinajstić information content (AvgIpc) is 3.11. The molecule has 34 heavy (non-hydrogen) atoms. The SMILES string of the molecule is CC(C)(C)OC(=O)CCCN1CCC2(CC1)COc1cc(/C=C/c3c(Cl)cccc3Cl)ccc12. The second-order valence-electron chi connectivity index (χ2n) is 10.3. The highest BCUT2D eigenvalue weighted by molar-refractivity contribution is 6.37. The van der Waals surface area contributed by atoms with E-state index in [1.807, 2.05) is 51.1 Å². The van der Waals surface area contributed by atoms with Crippen LogP contribution in [0.15, 0.2) is 36.4 Å².